The van der Waals surface area contributed by atoms with Gasteiger partial charge in [-0.15, -0.1) is 0 Å². The number of carbonyl (C=O) groups is 1. The minimum absolute atomic E-state index is 0.0987. The molecule has 7 heteroatoms. The number of nitrogens with one attached hydrogen (secondary N) is 1. The van der Waals surface area contributed by atoms with Crippen LogP contribution in [0.2, 0.25) is 0 Å². The van der Waals surface area contributed by atoms with Gasteiger partial charge in [-0.3, -0.25) is 9.36 Å². The standard InChI is InChI=1S/C13H26NO5P/c1-12(2)13(15)14-8-5-3-4-6-9-19-10-7-11-20(16,17)18/h1,3-11H2,2H3,(H,14,15)(H2,16,17,18). The van der Waals surface area contributed by atoms with E-state index in [-0.39, 0.29) is 12.1 Å². The average Bonchev–Trinajstić information content (AvgIpc) is 2.34. The van der Waals surface area contributed by atoms with Crippen molar-refractivity contribution in [3.05, 3.63) is 12.2 Å². The van der Waals surface area contributed by atoms with Gasteiger partial charge in [-0.25, -0.2) is 0 Å². The van der Waals surface area contributed by atoms with Crippen LogP contribution in [-0.2, 0) is 14.1 Å². The zero-order chi connectivity index (χ0) is 15.4. The maximum Gasteiger partial charge on any atom is 0.325 e. The average molecular weight is 307 g/mol. The Morgan fingerprint density at radius 2 is 1.75 bits per heavy atom. The quantitative estimate of drug-likeness (QED) is 0.290. The summed E-state index contributed by atoms with van der Waals surface area (Å²) in [6, 6.07) is 0. The number of carbonyl (C=O) groups excluding carboxylic acids is 1. The van der Waals surface area contributed by atoms with Crippen LogP contribution >= 0.6 is 7.60 Å². The molecule has 0 aliphatic rings. The van der Waals surface area contributed by atoms with Gasteiger partial charge in [0.25, 0.3) is 0 Å². The molecule has 3 N–H and O–H groups in total. The molecule has 0 rings (SSSR count). The van der Waals surface area contributed by atoms with Crippen molar-refractivity contribution in [2.24, 2.45) is 0 Å². The molecule has 20 heavy (non-hydrogen) atoms. The monoisotopic (exact) mass is 307 g/mol. The molecular weight excluding hydrogens is 281 g/mol. The molecular formula is C13H26NO5P. The summed E-state index contributed by atoms with van der Waals surface area (Å²) in [6.45, 7) is 6.90. The second-order valence-electron chi connectivity index (χ2n) is 4.80. The van der Waals surface area contributed by atoms with Crippen LogP contribution in [0.4, 0.5) is 0 Å². The van der Waals surface area contributed by atoms with Crippen LogP contribution in [0, 0.1) is 0 Å². The zero-order valence-corrected chi connectivity index (χ0v) is 13.0. The van der Waals surface area contributed by atoms with E-state index in [0.717, 1.165) is 25.7 Å². The lowest BCUT2D eigenvalue weighted by Gasteiger charge is -2.06. The number of rotatable bonds is 12. The topological polar surface area (TPSA) is 95.9 Å². The number of unbranched alkanes of at least 4 members (excludes halogenated alkanes) is 3. The van der Waals surface area contributed by atoms with E-state index in [0.29, 0.717) is 31.8 Å². The molecule has 0 saturated carbocycles. The fourth-order valence-electron chi connectivity index (χ4n) is 1.51. The van der Waals surface area contributed by atoms with Crippen molar-refractivity contribution in [2.75, 3.05) is 25.9 Å². The molecule has 0 aliphatic carbocycles. The van der Waals surface area contributed by atoms with Gasteiger partial charge in [0.15, 0.2) is 0 Å². The first kappa shape index (κ1) is 19.3. The van der Waals surface area contributed by atoms with Crippen LogP contribution < -0.4 is 5.32 Å². The van der Waals surface area contributed by atoms with Crippen LogP contribution in [0.15, 0.2) is 12.2 Å². The van der Waals surface area contributed by atoms with Crippen LogP contribution in [-0.4, -0.2) is 41.6 Å². The molecule has 0 heterocycles. The zero-order valence-electron chi connectivity index (χ0n) is 12.1. The lowest BCUT2D eigenvalue weighted by atomic mass is 10.2. The predicted molar refractivity (Wildman–Crippen MR) is 78.6 cm³/mol. The molecule has 0 fully saturated rings. The van der Waals surface area contributed by atoms with Crippen molar-refractivity contribution in [3.8, 4) is 0 Å². The van der Waals surface area contributed by atoms with Gasteiger partial charge in [0, 0.05) is 25.3 Å². The molecule has 0 spiro atoms. The summed E-state index contributed by atoms with van der Waals surface area (Å²) in [7, 11) is -3.88. The van der Waals surface area contributed by atoms with Crippen molar-refractivity contribution in [2.45, 2.75) is 39.0 Å². The minimum atomic E-state index is -3.88. The highest BCUT2D eigenvalue weighted by atomic mass is 31.2. The van der Waals surface area contributed by atoms with Crippen molar-refractivity contribution in [1.29, 1.82) is 0 Å². The summed E-state index contributed by atoms with van der Waals surface area (Å²) in [5.41, 5.74) is 0.522. The number of hydrogen-bond donors (Lipinski definition) is 3. The largest absolute Gasteiger partial charge is 0.381 e. The summed E-state index contributed by atoms with van der Waals surface area (Å²) in [4.78, 5) is 28.4. The Bertz CT molecular complexity index is 340. The lowest BCUT2D eigenvalue weighted by Crippen LogP contribution is -2.24. The molecule has 0 saturated heterocycles. The van der Waals surface area contributed by atoms with Crippen molar-refractivity contribution < 1.29 is 23.9 Å². The van der Waals surface area contributed by atoms with Gasteiger partial charge in [0.05, 0.1) is 6.16 Å². The Balaban J connectivity index is 3.20. The molecule has 0 atom stereocenters. The van der Waals surface area contributed by atoms with E-state index < -0.39 is 7.60 Å². The summed E-state index contributed by atoms with van der Waals surface area (Å²) in [5.74, 6) is -0.0987. The second-order valence-corrected chi connectivity index (χ2v) is 6.58. The smallest absolute Gasteiger partial charge is 0.325 e. The first-order valence-electron chi connectivity index (χ1n) is 6.89. The van der Waals surface area contributed by atoms with Gasteiger partial charge in [-0.2, -0.15) is 0 Å². The van der Waals surface area contributed by atoms with Gasteiger partial charge in [-0.1, -0.05) is 19.4 Å². The van der Waals surface area contributed by atoms with E-state index >= 15 is 0 Å². The number of hydrogen-bond acceptors (Lipinski definition) is 3. The Morgan fingerprint density at radius 1 is 1.15 bits per heavy atom. The van der Waals surface area contributed by atoms with E-state index in [9.17, 15) is 9.36 Å². The number of ether oxygens (including phenoxy) is 1. The highest BCUT2D eigenvalue weighted by Gasteiger charge is 2.11. The fraction of sp³-hybridized carbons (Fsp3) is 0.769. The van der Waals surface area contributed by atoms with E-state index in [4.69, 9.17) is 14.5 Å². The molecule has 0 aromatic heterocycles. The second kappa shape index (κ2) is 11.0. The van der Waals surface area contributed by atoms with Gasteiger partial charge in [0.2, 0.25) is 5.91 Å². The summed E-state index contributed by atoms with van der Waals surface area (Å²) in [6.07, 6.45) is 4.15. The minimum Gasteiger partial charge on any atom is -0.381 e. The molecule has 6 nitrogen and oxygen atoms in total. The maximum atomic E-state index is 11.2. The third-order valence-electron chi connectivity index (χ3n) is 2.63. The highest BCUT2D eigenvalue weighted by molar-refractivity contribution is 7.51. The molecule has 0 aromatic rings. The maximum absolute atomic E-state index is 11.2. The Hall–Kier alpha value is -0.680. The molecule has 0 bridgehead atoms. The Kier molecular flexibility index (Phi) is 10.7. The molecule has 0 unspecified atom stereocenters. The molecule has 0 radical (unpaired) electrons. The SMILES string of the molecule is C=C(C)C(=O)NCCCCCCOCCCP(=O)(O)O. The summed E-state index contributed by atoms with van der Waals surface area (Å²) < 4.78 is 15.8. The van der Waals surface area contributed by atoms with Gasteiger partial charge < -0.3 is 19.8 Å². The van der Waals surface area contributed by atoms with Crippen LogP contribution in [0.25, 0.3) is 0 Å². The van der Waals surface area contributed by atoms with E-state index in [1.54, 1.807) is 6.92 Å². The van der Waals surface area contributed by atoms with Gasteiger partial charge in [-0.05, 0) is 26.2 Å². The van der Waals surface area contributed by atoms with E-state index in [2.05, 4.69) is 11.9 Å². The fourth-order valence-corrected chi connectivity index (χ4v) is 2.05. The molecule has 0 aromatic carbocycles. The van der Waals surface area contributed by atoms with Crippen molar-refractivity contribution in [3.63, 3.8) is 0 Å². The number of amides is 1. The van der Waals surface area contributed by atoms with Crippen molar-refractivity contribution >= 4 is 13.5 Å². The first-order chi connectivity index (χ1) is 9.33. The van der Waals surface area contributed by atoms with E-state index in [1.165, 1.54) is 0 Å². The van der Waals surface area contributed by atoms with Crippen LogP contribution in [0.5, 0.6) is 0 Å². The third kappa shape index (κ3) is 13.7. The lowest BCUT2D eigenvalue weighted by molar-refractivity contribution is -0.117. The highest BCUT2D eigenvalue weighted by Crippen LogP contribution is 2.34. The van der Waals surface area contributed by atoms with E-state index in [1.807, 2.05) is 0 Å². The van der Waals surface area contributed by atoms with Crippen LogP contribution in [0.3, 0.4) is 0 Å². The summed E-state index contributed by atoms with van der Waals surface area (Å²) in [5, 5.41) is 2.77. The van der Waals surface area contributed by atoms with Gasteiger partial charge >= 0.3 is 7.60 Å². The first-order valence-corrected chi connectivity index (χ1v) is 8.68. The normalized spacial score (nSPS) is 11.3. The molecule has 1 amide bonds. The Labute approximate surface area is 120 Å². The molecule has 0 aliphatic heterocycles. The Morgan fingerprint density at radius 3 is 2.35 bits per heavy atom. The molecule has 118 valence electrons. The summed E-state index contributed by atoms with van der Waals surface area (Å²) >= 11 is 0. The van der Waals surface area contributed by atoms with Crippen LogP contribution in [0.1, 0.15) is 39.0 Å². The van der Waals surface area contributed by atoms with Crippen molar-refractivity contribution in [1.82, 2.24) is 5.32 Å². The predicted octanol–water partition coefficient (Wildman–Crippen LogP) is 1.82. The van der Waals surface area contributed by atoms with Gasteiger partial charge in [0.1, 0.15) is 0 Å². The third-order valence-corrected chi connectivity index (χ3v) is 3.53.